The maximum Gasteiger partial charge on any atom is 0.338 e. The van der Waals surface area contributed by atoms with E-state index >= 15 is 0 Å². The van der Waals surface area contributed by atoms with Crippen LogP contribution in [-0.2, 0) is 61.6 Å². The first-order valence-corrected chi connectivity index (χ1v) is 29.1. The molecule has 0 bridgehead atoms. The van der Waals surface area contributed by atoms with Gasteiger partial charge in [-0.1, -0.05) is 133 Å². The highest BCUT2D eigenvalue weighted by atomic mass is 16.8. The summed E-state index contributed by atoms with van der Waals surface area (Å²) in [6.07, 6.45) is -23.2. The van der Waals surface area contributed by atoms with Crippen molar-refractivity contribution in [3.63, 3.8) is 0 Å². The van der Waals surface area contributed by atoms with E-state index < -0.39 is 134 Å². The molecule has 3 fully saturated rings. The normalized spacial score (nSPS) is 26.2. The fraction of sp³-hybridized carbons (Fsp3) is 0.271. The SMILES string of the molecule is C=CCO[C@@H]1O[C@@H](C)[C@H](OC(=O)c2ccccc2)[C@@H](O[C@@H]2O[C@@H](C)[C@H](OC(=O)c3ccccc3)[C@@H](OC(=O)c3ccccc3)[C@H]2O[C@@H]2O[C@@H](C)[C@H](OC(=O)c3ccccc3)[C@@H](OC(=O)c3ccccc3)[C@H]2OC(=O)c2ccccc2)[C@H]1OC(=O)c1ccccc1. The van der Waals surface area contributed by atoms with Crippen molar-refractivity contribution in [2.45, 2.75) is 113 Å². The molecule has 0 spiro atoms. The molecule has 7 aromatic carbocycles. The monoisotopic (exact) mass is 1220 g/mol. The van der Waals surface area contributed by atoms with E-state index in [0.29, 0.717) is 0 Å². The summed E-state index contributed by atoms with van der Waals surface area (Å²) in [7, 11) is 0. The van der Waals surface area contributed by atoms with Crippen LogP contribution in [0.4, 0.5) is 0 Å². The van der Waals surface area contributed by atoms with Crippen molar-refractivity contribution in [2.75, 3.05) is 6.61 Å². The topological polar surface area (TPSA) is 239 Å². The number of esters is 7. The summed E-state index contributed by atoms with van der Waals surface area (Å²) in [5.74, 6) is -6.37. The van der Waals surface area contributed by atoms with Crippen LogP contribution in [0.15, 0.2) is 225 Å². The molecular formula is C70H64O20. The first-order chi connectivity index (χ1) is 43.7. The summed E-state index contributed by atoms with van der Waals surface area (Å²) in [6, 6.07) is 55.4. The molecule has 0 aliphatic carbocycles. The second-order valence-electron chi connectivity index (χ2n) is 21.1. The molecule has 0 radical (unpaired) electrons. The Morgan fingerprint density at radius 2 is 0.511 bits per heavy atom. The van der Waals surface area contributed by atoms with Crippen molar-refractivity contribution < 1.29 is 95.1 Å². The summed E-state index contributed by atoms with van der Waals surface area (Å²) in [6.45, 7) is 8.22. The third-order valence-electron chi connectivity index (χ3n) is 14.9. The zero-order valence-electron chi connectivity index (χ0n) is 49.0. The summed E-state index contributed by atoms with van der Waals surface area (Å²) in [5.41, 5.74) is 0.551. The van der Waals surface area contributed by atoms with Gasteiger partial charge in [0.2, 0.25) is 0 Å². The highest BCUT2D eigenvalue weighted by Gasteiger charge is 2.59. The van der Waals surface area contributed by atoms with Crippen LogP contribution in [0, 0.1) is 0 Å². The highest BCUT2D eigenvalue weighted by Crippen LogP contribution is 2.39. The van der Waals surface area contributed by atoms with Gasteiger partial charge in [-0.15, -0.1) is 6.58 Å². The van der Waals surface area contributed by atoms with Crippen molar-refractivity contribution in [1.82, 2.24) is 0 Å². The van der Waals surface area contributed by atoms with E-state index in [1.54, 1.807) is 134 Å². The van der Waals surface area contributed by atoms with Crippen LogP contribution in [0.3, 0.4) is 0 Å². The molecule has 15 atom stereocenters. The van der Waals surface area contributed by atoms with E-state index in [2.05, 4.69) is 6.58 Å². The van der Waals surface area contributed by atoms with Crippen LogP contribution >= 0.6 is 0 Å². The van der Waals surface area contributed by atoms with Crippen LogP contribution < -0.4 is 0 Å². The van der Waals surface area contributed by atoms with Crippen molar-refractivity contribution in [3.05, 3.63) is 264 Å². The Morgan fingerprint density at radius 1 is 0.300 bits per heavy atom. The van der Waals surface area contributed by atoms with Gasteiger partial charge in [0.05, 0.1) is 63.9 Å². The molecule has 464 valence electrons. The van der Waals surface area contributed by atoms with Gasteiger partial charge in [0.15, 0.2) is 67.7 Å². The van der Waals surface area contributed by atoms with Gasteiger partial charge in [-0.05, 0) is 106 Å². The molecular weight excluding hydrogens is 1160 g/mol. The van der Waals surface area contributed by atoms with Gasteiger partial charge in [-0.2, -0.15) is 0 Å². The Bertz CT molecular complexity index is 3550. The minimum atomic E-state index is -1.97. The molecule has 0 saturated carbocycles. The lowest BCUT2D eigenvalue weighted by Crippen LogP contribution is -2.68. The van der Waals surface area contributed by atoms with E-state index in [1.165, 1.54) is 105 Å². The number of rotatable bonds is 21. The molecule has 3 saturated heterocycles. The number of hydrogen-bond donors (Lipinski definition) is 0. The minimum absolute atomic E-state index is 0.0217. The standard InChI is InChI=1S/C70H64O20/c1-5-41-78-68-58(87-66(76)50-37-23-11-24-38-50)57(54(42(2)79-68)84-63(73)47-31-17-8-18-32-47)89-70-60(56(86-65(75)49-35-21-10-22-36-49)53(44(4)81-70)83-62(72)46-29-15-7-16-30-46)90-69-59(88-67(77)51-39-25-12-26-40-51)55(85-64(74)48-33-19-9-20-34-48)52(43(3)80-69)82-61(71)45-27-13-6-14-28-45/h5-40,42-44,52-60,68-70H,1,41H2,2-4H3/t42-,43-,44-,52-,53-,54-,55+,56+,57+,58+,59+,60+,68+,69-,70-/m0/s1. The van der Waals surface area contributed by atoms with Crippen LogP contribution in [0.2, 0.25) is 0 Å². The average molecular weight is 1230 g/mol. The van der Waals surface area contributed by atoms with E-state index in [0.717, 1.165) is 0 Å². The quantitative estimate of drug-likeness (QED) is 0.0369. The van der Waals surface area contributed by atoms with Crippen molar-refractivity contribution >= 4 is 41.8 Å². The Morgan fingerprint density at radius 3 is 0.800 bits per heavy atom. The van der Waals surface area contributed by atoms with E-state index in [4.69, 9.17) is 61.6 Å². The fourth-order valence-electron chi connectivity index (χ4n) is 10.4. The van der Waals surface area contributed by atoms with E-state index in [9.17, 15) is 33.6 Å². The van der Waals surface area contributed by atoms with Crippen molar-refractivity contribution in [1.29, 1.82) is 0 Å². The molecule has 20 heteroatoms. The maximum absolute atomic E-state index is 14.8. The fourth-order valence-corrected chi connectivity index (χ4v) is 10.4. The highest BCUT2D eigenvalue weighted by molar-refractivity contribution is 5.93. The zero-order valence-corrected chi connectivity index (χ0v) is 49.0. The second-order valence-corrected chi connectivity index (χ2v) is 21.1. The molecule has 3 aliphatic heterocycles. The van der Waals surface area contributed by atoms with Gasteiger partial charge < -0.3 is 61.6 Å². The average Bonchev–Trinajstić information content (AvgIpc) is 0.858. The molecule has 0 amide bonds. The van der Waals surface area contributed by atoms with Crippen molar-refractivity contribution in [2.24, 2.45) is 0 Å². The first kappa shape index (κ1) is 63.4. The number of ether oxygens (including phenoxy) is 13. The third kappa shape index (κ3) is 15.4. The molecule has 0 unspecified atom stereocenters. The van der Waals surface area contributed by atoms with E-state index in [-0.39, 0.29) is 45.6 Å². The lowest BCUT2D eigenvalue weighted by atomic mass is 9.95. The van der Waals surface area contributed by atoms with Gasteiger partial charge in [-0.3, -0.25) is 0 Å². The van der Waals surface area contributed by atoms with Crippen LogP contribution in [0.5, 0.6) is 0 Å². The van der Waals surface area contributed by atoms with Gasteiger partial charge in [0, 0.05) is 0 Å². The van der Waals surface area contributed by atoms with Gasteiger partial charge in [0.1, 0.15) is 6.10 Å². The lowest BCUT2D eigenvalue weighted by molar-refractivity contribution is -0.381. The predicted octanol–water partition coefficient (Wildman–Crippen LogP) is 9.77. The van der Waals surface area contributed by atoms with Crippen molar-refractivity contribution in [3.8, 4) is 0 Å². The summed E-state index contributed by atoms with van der Waals surface area (Å²) in [5, 5.41) is 0. The number of hydrogen-bond acceptors (Lipinski definition) is 20. The van der Waals surface area contributed by atoms with Gasteiger partial charge in [-0.25, -0.2) is 33.6 Å². The smallest absolute Gasteiger partial charge is 0.338 e. The number of carbonyl (C=O) groups is 7. The summed E-state index contributed by atoms with van der Waals surface area (Å²) >= 11 is 0. The molecule has 3 aliphatic rings. The first-order valence-electron chi connectivity index (χ1n) is 29.1. The Hall–Kier alpha value is -9.67. The molecule has 7 aromatic rings. The molecule has 90 heavy (non-hydrogen) atoms. The van der Waals surface area contributed by atoms with Crippen LogP contribution in [-0.4, -0.2) is 141 Å². The van der Waals surface area contributed by atoms with Gasteiger partial charge in [0.25, 0.3) is 0 Å². The molecule has 0 N–H and O–H groups in total. The van der Waals surface area contributed by atoms with Gasteiger partial charge >= 0.3 is 41.8 Å². The molecule has 3 heterocycles. The minimum Gasteiger partial charge on any atom is -0.453 e. The summed E-state index contributed by atoms with van der Waals surface area (Å²) < 4.78 is 84.6. The third-order valence-corrected chi connectivity index (χ3v) is 14.9. The molecule has 20 nitrogen and oxygen atoms in total. The summed E-state index contributed by atoms with van der Waals surface area (Å²) in [4.78, 5) is 101. The van der Waals surface area contributed by atoms with E-state index in [1.807, 2.05) is 0 Å². The number of carbonyl (C=O) groups excluding carboxylic acids is 7. The largest absolute Gasteiger partial charge is 0.453 e. The predicted molar refractivity (Wildman–Crippen MR) is 318 cm³/mol. The van der Waals surface area contributed by atoms with Crippen LogP contribution in [0.1, 0.15) is 93.3 Å². The molecule has 0 aromatic heterocycles. The Kier molecular flexibility index (Phi) is 21.1. The second kappa shape index (κ2) is 30.0. The Balaban J connectivity index is 1.14. The Labute approximate surface area is 518 Å². The van der Waals surface area contributed by atoms with Crippen LogP contribution in [0.25, 0.3) is 0 Å². The maximum atomic E-state index is 14.8. The zero-order chi connectivity index (χ0) is 63.1. The number of benzene rings is 7. The molecule has 10 rings (SSSR count). The lowest BCUT2D eigenvalue weighted by Gasteiger charge is -2.50.